The van der Waals surface area contributed by atoms with Gasteiger partial charge in [-0.3, -0.25) is 14.9 Å². The highest BCUT2D eigenvalue weighted by atomic mass is 35.5. The Morgan fingerprint density at radius 1 is 1.53 bits per heavy atom. The van der Waals surface area contributed by atoms with Gasteiger partial charge in [0, 0.05) is 19.0 Å². The highest BCUT2D eigenvalue weighted by molar-refractivity contribution is 6.28. The van der Waals surface area contributed by atoms with E-state index in [4.69, 9.17) is 17.3 Å². The summed E-state index contributed by atoms with van der Waals surface area (Å²) in [7, 11) is 0. The maximum Gasteiger partial charge on any atom is 0.329 e. The third-order valence-corrected chi connectivity index (χ3v) is 3.30. The van der Waals surface area contributed by atoms with E-state index in [9.17, 15) is 14.9 Å². The van der Waals surface area contributed by atoms with Gasteiger partial charge in [0.15, 0.2) is 0 Å². The summed E-state index contributed by atoms with van der Waals surface area (Å²) in [6.07, 6.45) is 2.19. The van der Waals surface area contributed by atoms with Gasteiger partial charge in [-0.15, -0.1) is 0 Å². The van der Waals surface area contributed by atoms with Crippen molar-refractivity contribution in [2.45, 2.75) is 12.8 Å². The van der Waals surface area contributed by atoms with E-state index >= 15 is 0 Å². The number of piperidine rings is 1. The predicted octanol–water partition coefficient (Wildman–Crippen LogP) is 0.740. The molecule has 9 heteroatoms. The van der Waals surface area contributed by atoms with Gasteiger partial charge < -0.3 is 10.6 Å². The van der Waals surface area contributed by atoms with E-state index in [-0.39, 0.29) is 28.6 Å². The van der Waals surface area contributed by atoms with Crippen molar-refractivity contribution in [2.24, 2.45) is 11.7 Å². The zero-order chi connectivity index (χ0) is 14.0. The predicted molar refractivity (Wildman–Crippen MR) is 67.8 cm³/mol. The number of carbonyl (C=O) groups excluding carboxylic acids is 1. The summed E-state index contributed by atoms with van der Waals surface area (Å²) in [6.45, 7) is 0.948. The second kappa shape index (κ2) is 5.35. The molecule has 0 aromatic carbocycles. The lowest BCUT2D eigenvalue weighted by Crippen LogP contribution is -2.39. The van der Waals surface area contributed by atoms with Crippen molar-refractivity contribution in [1.82, 2.24) is 9.97 Å². The number of rotatable bonds is 3. The molecule has 1 aromatic rings. The van der Waals surface area contributed by atoms with E-state index in [1.165, 1.54) is 0 Å². The maximum atomic E-state index is 11.1. The lowest BCUT2D eigenvalue weighted by atomic mass is 9.96. The van der Waals surface area contributed by atoms with Crippen LogP contribution >= 0.6 is 11.6 Å². The first kappa shape index (κ1) is 13.5. The molecule has 0 atom stereocenters. The lowest BCUT2D eigenvalue weighted by molar-refractivity contribution is -0.384. The van der Waals surface area contributed by atoms with Gasteiger partial charge in [-0.05, 0) is 24.4 Å². The maximum absolute atomic E-state index is 11.1. The minimum Gasteiger partial charge on any atom is -0.369 e. The Morgan fingerprint density at radius 3 is 2.68 bits per heavy atom. The molecule has 1 saturated heterocycles. The second-order valence-corrected chi connectivity index (χ2v) is 4.61. The van der Waals surface area contributed by atoms with E-state index in [2.05, 4.69) is 9.97 Å². The molecule has 8 nitrogen and oxygen atoms in total. The van der Waals surface area contributed by atoms with Crippen LogP contribution in [-0.4, -0.2) is 33.9 Å². The van der Waals surface area contributed by atoms with E-state index in [0.29, 0.717) is 25.9 Å². The quantitative estimate of drug-likeness (QED) is 0.497. The van der Waals surface area contributed by atoms with Gasteiger partial charge in [-0.25, -0.2) is 4.98 Å². The Labute approximate surface area is 113 Å². The molecule has 1 aromatic heterocycles. The van der Waals surface area contributed by atoms with Crippen LogP contribution in [0.25, 0.3) is 0 Å². The molecule has 0 aliphatic carbocycles. The molecule has 2 heterocycles. The number of carbonyl (C=O) groups is 1. The van der Waals surface area contributed by atoms with Gasteiger partial charge in [0.1, 0.15) is 6.20 Å². The van der Waals surface area contributed by atoms with Gasteiger partial charge in [-0.1, -0.05) is 0 Å². The number of aromatic nitrogens is 2. The first-order valence-electron chi connectivity index (χ1n) is 5.70. The lowest BCUT2D eigenvalue weighted by Gasteiger charge is -2.30. The van der Waals surface area contributed by atoms with E-state index < -0.39 is 4.92 Å². The van der Waals surface area contributed by atoms with Crippen LogP contribution in [0.15, 0.2) is 6.20 Å². The molecule has 0 saturated carbocycles. The molecule has 1 aliphatic heterocycles. The van der Waals surface area contributed by atoms with Crippen LogP contribution in [-0.2, 0) is 4.79 Å². The van der Waals surface area contributed by atoms with Crippen molar-refractivity contribution in [2.75, 3.05) is 18.0 Å². The van der Waals surface area contributed by atoms with Gasteiger partial charge in [0.05, 0.1) is 4.92 Å². The van der Waals surface area contributed by atoms with Crippen molar-refractivity contribution in [3.8, 4) is 0 Å². The Hall–Kier alpha value is -1.96. The second-order valence-electron chi connectivity index (χ2n) is 4.27. The summed E-state index contributed by atoms with van der Waals surface area (Å²) < 4.78 is 0. The van der Waals surface area contributed by atoms with Crippen LogP contribution in [0.1, 0.15) is 12.8 Å². The molecule has 1 aliphatic rings. The molecular formula is C10H12ClN5O3. The average Bonchev–Trinajstić information content (AvgIpc) is 2.38. The number of nitro groups is 1. The standard InChI is InChI=1S/C10H12ClN5O3/c11-10-13-5-7(16(18)19)9(14-10)15-3-1-6(2-4-15)8(12)17/h5-6H,1-4H2,(H2,12,17). The van der Waals surface area contributed by atoms with Crippen LogP contribution in [0.2, 0.25) is 5.28 Å². The van der Waals surface area contributed by atoms with Crippen LogP contribution in [0.4, 0.5) is 11.5 Å². The molecule has 0 bridgehead atoms. The number of anilines is 1. The zero-order valence-electron chi connectivity index (χ0n) is 9.95. The Kier molecular flexibility index (Phi) is 3.79. The number of hydrogen-bond donors (Lipinski definition) is 1. The fraction of sp³-hybridized carbons (Fsp3) is 0.500. The number of primary amides is 1. The number of hydrogen-bond acceptors (Lipinski definition) is 6. The summed E-state index contributed by atoms with van der Waals surface area (Å²) in [5.74, 6) is -0.338. The Morgan fingerprint density at radius 2 is 2.16 bits per heavy atom. The summed E-state index contributed by atoms with van der Waals surface area (Å²) >= 11 is 5.67. The Bertz CT molecular complexity index is 516. The van der Waals surface area contributed by atoms with Crippen LogP contribution < -0.4 is 10.6 Å². The molecule has 102 valence electrons. The van der Waals surface area contributed by atoms with Crippen molar-refractivity contribution in [3.63, 3.8) is 0 Å². The van der Waals surface area contributed by atoms with Crippen molar-refractivity contribution >= 4 is 29.0 Å². The summed E-state index contributed by atoms with van der Waals surface area (Å²) in [6, 6.07) is 0. The topological polar surface area (TPSA) is 115 Å². The van der Waals surface area contributed by atoms with Gasteiger partial charge in [0.25, 0.3) is 0 Å². The van der Waals surface area contributed by atoms with Crippen LogP contribution in [0.3, 0.4) is 0 Å². The zero-order valence-corrected chi connectivity index (χ0v) is 10.7. The molecule has 0 spiro atoms. The highest BCUT2D eigenvalue weighted by Crippen LogP contribution is 2.29. The molecule has 19 heavy (non-hydrogen) atoms. The molecule has 0 radical (unpaired) electrons. The molecule has 2 N–H and O–H groups in total. The highest BCUT2D eigenvalue weighted by Gasteiger charge is 2.28. The van der Waals surface area contributed by atoms with E-state index in [0.717, 1.165) is 6.20 Å². The number of amides is 1. The summed E-state index contributed by atoms with van der Waals surface area (Å²) in [5.41, 5.74) is 5.05. The van der Waals surface area contributed by atoms with Gasteiger partial charge in [0.2, 0.25) is 17.0 Å². The first-order valence-corrected chi connectivity index (χ1v) is 6.08. The minimum atomic E-state index is -0.550. The largest absolute Gasteiger partial charge is 0.369 e. The fourth-order valence-electron chi connectivity index (χ4n) is 2.08. The third kappa shape index (κ3) is 2.90. The fourth-order valence-corrected chi connectivity index (χ4v) is 2.21. The average molecular weight is 286 g/mol. The molecule has 0 unspecified atom stereocenters. The third-order valence-electron chi connectivity index (χ3n) is 3.11. The number of nitrogens with two attached hydrogens (primary N) is 1. The smallest absolute Gasteiger partial charge is 0.329 e. The first-order chi connectivity index (χ1) is 8.99. The molecule has 1 fully saturated rings. The van der Waals surface area contributed by atoms with Crippen molar-refractivity contribution in [3.05, 3.63) is 21.6 Å². The minimum absolute atomic E-state index is 0.0439. The van der Waals surface area contributed by atoms with E-state index in [1.54, 1.807) is 4.90 Å². The summed E-state index contributed by atoms with van der Waals surface area (Å²) in [5, 5.41) is 10.9. The van der Waals surface area contributed by atoms with Crippen LogP contribution in [0, 0.1) is 16.0 Å². The SMILES string of the molecule is NC(=O)C1CCN(c2nc(Cl)ncc2[N+](=O)[O-])CC1. The summed E-state index contributed by atoms with van der Waals surface area (Å²) in [4.78, 5) is 30.7. The van der Waals surface area contributed by atoms with Crippen molar-refractivity contribution < 1.29 is 9.72 Å². The number of nitrogens with zero attached hydrogens (tertiary/aromatic N) is 4. The van der Waals surface area contributed by atoms with E-state index in [1.807, 2.05) is 0 Å². The van der Waals surface area contributed by atoms with Gasteiger partial charge >= 0.3 is 5.69 Å². The van der Waals surface area contributed by atoms with Crippen LogP contribution in [0.5, 0.6) is 0 Å². The normalized spacial score (nSPS) is 16.4. The monoisotopic (exact) mass is 285 g/mol. The molecule has 1 amide bonds. The number of halogens is 1. The molecule has 2 rings (SSSR count). The molecular weight excluding hydrogens is 274 g/mol. The Balaban J connectivity index is 2.21. The van der Waals surface area contributed by atoms with Gasteiger partial charge in [-0.2, -0.15) is 4.98 Å². The van der Waals surface area contributed by atoms with Crippen molar-refractivity contribution in [1.29, 1.82) is 0 Å².